The van der Waals surface area contributed by atoms with Crippen LogP contribution in [0.25, 0.3) is 0 Å². The molecule has 0 aromatic carbocycles. The van der Waals surface area contributed by atoms with Gasteiger partial charge in [-0.15, -0.1) is 0 Å². The van der Waals surface area contributed by atoms with Gasteiger partial charge in [-0.3, -0.25) is 9.59 Å². The first kappa shape index (κ1) is 15.9. The van der Waals surface area contributed by atoms with Gasteiger partial charge in [-0.1, -0.05) is 0 Å². The molecule has 0 atom stereocenters. The van der Waals surface area contributed by atoms with Gasteiger partial charge in [0.25, 0.3) is 0 Å². The maximum atomic E-state index is 11.4. The SMILES string of the molecule is CC(C(=O)OCCCC#N)C(=O)OCCCC#N. The van der Waals surface area contributed by atoms with Gasteiger partial charge in [0.05, 0.1) is 25.4 Å². The Kier molecular flexibility index (Phi) is 8.93. The normalized spacial score (nSPS) is 9.33. The van der Waals surface area contributed by atoms with Crippen LogP contribution in [0, 0.1) is 28.6 Å². The lowest BCUT2D eigenvalue weighted by molar-refractivity contribution is -0.161. The Bertz CT molecular complexity index is 320. The molecule has 0 aliphatic heterocycles. The summed E-state index contributed by atoms with van der Waals surface area (Å²) in [5.74, 6) is -2.29. The summed E-state index contributed by atoms with van der Waals surface area (Å²) < 4.78 is 9.62. The Balaban J connectivity index is 3.80. The van der Waals surface area contributed by atoms with Crippen LogP contribution in [0.15, 0.2) is 0 Å². The molecule has 0 radical (unpaired) electrons. The van der Waals surface area contributed by atoms with Crippen molar-refractivity contribution < 1.29 is 19.1 Å². The van der Waals surface area contributed by atoms with E-state index in [9.17, 15) is 9.59 Å². The second kappa shape index (κ2) is 10.1. The zero-order chi connectivity index (χ0) is 13.8. The molecule has 0 saturated heterocycles. The fraction of sp³-hybridized carbons (Fsp3) is 0.667. The van der Waals surface area contributed by atoms with Gasteiger partial charge in [-0.05, 0) is 19.8 Å². The number of rotatable bonds is 8. The molecule has 0 aromatic heterocycles. The van der Waals surface area contributed by atoms with Crippen molar-refractivity contribution in [3.05, 3.63) is 0 Å². The van der Waals surface area contributed by atoms with E-state index in [1.54, 1.807) is 0 Å². The van der Waals surface area contributed by atoms with E-state index in [0.717, 1.165) is 0 Å². The van der Waals surface area contributed by atoms with E-state index in [2.05, 4.69) is 0 Å². The van der Waals surface area contributed by atoms with Crippen molar-refractivity contribution in [1.29, 1.82) is 10.5 Å². The zero-order valence-electron chi connectivity index (χ0n) is 10.3. The van der Waals surface area contributed by atoms with Crippen molar-refractivity contribution >= 4 is 11.9 Å². The van der Waals surface area contributed by atoms with Crippen LogP contribution in [0.2, 0.25) is 0 Å². The van der Waals surface area contributed by atoms with Crippen molar-refractivity contribution in [2.45, 2.75) is 32.6 Å². The summed E-state index contributed by atoms with van der Waals surface area (Å²) in [6, 6.07) is 3.85. The molecule has 0 aromatic rings. The number of hydrogen-bond acceptors (Lipinski definition) is 6. The van der Waals surface area contributed by atoms with Crippen molar-refractivity contribution in [3.63, 3.8) is 0 Å². The first-order valence-corrected chi connectivity index (χ1v) is 5.70. The number of hydrogen-bond donors (Lipinski definition) is 0. The summed E-state index contributed by atoms with van der Waals surface area (Å²) in [6.07, 6.45) is 1.51. The van der Waals surface area contributed by atoms with E-state index in [4.69, 9.17) is 20.0 Å². The number of carbonyl (C=O) groups excluding carboxylic acids is 2. The largest absolute Gasteiger partial charge is 0.465 e. The smallest absolute Gasteiger partial charge is 0.320 e. The molecule has 18 heavy (non-hydrogen) atoms. The number of nitrogens with zero attached hydrogens (tertiary/aromatic N) is 2. The van der Waals surface area contributed by atoms with Crippen LogP contribution in [0.3, 0.4) is 0 Å². The van der Waals surface area contributed by atoms with E-state index in [0.29, 0.717) is 25.7 Å². The van der Waals surface area contributed by atoms with Gasteiger partial charge in [0.1, 0.15) is 0 Å². The van der Waals surface area contributed by atoms with Crippen LogP contribution in [-0.2, 0) is 19.1 Å². The molecule has 0 saturated carbocycles. The summed E-state index contributed by atoms with van der Waals surface area (Å²) in [5, 5.41) is 16.6. The molecule has 0 heterocycles. The molecule has 0 fully saturated rings. The number of carbonyl (C=O) groups is 2. The highest BCUT2D eigenvalue weighted by atomic mass is 16.6. The Morgan fingerprint density at radius 1 is 1.00 bits per heavy atom. The summed E-state index contributed by atoms with van der Waals surface area (Å²) in [4.78, 5) is 22.8. The molecule has 0 unspecified atom stereocenters. The Hall–Kier alpha value is -2.08. The highest BCUT2D eigenvalue weighted by molar-refractivity contribution is 5.94. The minimum absolute atomic E-state index is 0.123. The third-order valence-corrected chi connectivity index (χ3v) is 2.06. The highest BCUT2D eigenvalue weighted by Crippen LogP contribution is 2.04. The lowest BCUT2D eigenvalue weighted by Crippen LogP contribution is -2.26. The van der Waals surface area contributed by atoms with Crippen molar-refractivity contribution in [2.75, 3.05) is 13.2 Å². The fourth-order valence-electron chi connectivity index (χ4n) is 0.994. The van der Waals surface area contributed by atoms with Gasteiger partial charge in [0.15, 0.2) is 5.92 Å². The first-order chi connectivity index (χ1) is 8.63. The summed E-state index contributed by atoms with van der Waals surface area (Å²) >= 11 is 0. The second-order valence-electron chi connectivity index (χ2n) is 3.58. The maximum Gasteiger partial charge on any atom is 0.320 e. The average Bonchev–Trinajstić information content (AvgIpc) is 2.38. The lowest BCUT2D eigenvalue weighted by atomic mass is 10.2. The first-order valence-electron chi connectivity index (χ1n) is 5.70. The number of nitriles is 2. The molecule has 0 N–H and O–H groups in total. The number of esters is 2. The number of ether oxygens (including phenoxy) is 2. The molecule has 0 bridgehead atoms. The summed E-state index contributed by atoms with van der Waals surface area (Å²) in [5.41, 5.74) is 0. The summed E-state index contributed by atoms with van der Waals surface area (Å²) in [6.45, 7) is 1.65. The predicted octanol–water partition coefficient (Wildman–Crippen LogP) is 1.32. The minimum Gasteiger partial charge on any atom is -0.465 e. The Morgan fingerprint density at radius 3 is 1.72 bits per heavy atom. The van der Waals surface area contributed by atoms with E-state index in [-0.39, 0.29) is 13.2 Å². The van der Waals surface area contributed by atoms with Crippen molar-refractivity contribution in [1.82, 2.24) is 0 Å². The topological polar surface area (TPSA) is 100 Å². The van der Waals surface area contributed by atoms with Crippen LogP contribution < -0.4 is 0 Å². The monoisotopic (exact) mass is 252 g/mol. The van der Waals surface area contributed by atoms with Crippen LogP contribution in [-0.4, -0.2) is 25.2 Å². The van der Waals surface area contributed by atoms with Crippen molar-refractivity contribution in [2.24, 2.45) is 5.92 Å². The molecule has 6 nitrogen and oxygen atoms in total. The standard InChI is InChI=1S/C12H16N2O4/c1-10(11(15)17-8-4-2-6-13)12(16)18-9-5-3-7-14/h10H,2-5,8-9H2,1H3. The third-order valence-electron chi connectivity index (χ3n) is 2.06. The van der Waals surface area contributed by atoms with Gasteiger partial charge in [-0.2, -0.15) is 10.5 Å². The van der Waals surface area contributed by atoms with Crippen LogP contribution in [0.1, 0.15) is 32.6 Å². The molecule has 6 heteroatoms. The fourth-order valence-corrected chi connectivity index (χ4v) is 0.994. The molecule has 0 aliphatic rings. The summed E-state index contributed by atoms with van der Waals surface area (Å²) in [7, 11) is 0. The van der Waals surface area contributed by atoms with E-state index in [1.807, 2.05) is 12.1 Å². The molecule has 0 aliphatic carbocycles. The van der Waals surface area contributed by atoms with E-state index in [1.165, 1.54) is 6.92 Å². The van der Waals surface area contributed by atoms with Crippen LogP contribution >= 0.6 is 0 Å². The van der Waals surface area contributed by atoms with Gasteiger partial charge < -0.3 is 9.47 Å². The molecular weight excluding hydrogens is 236 g/mol. The molecule has 0 amide bonds. The van der Waals surface area contributed by atoms with Crippen LogP contribution in [0.5, 0.6) is 0 Å². The predicted molar refractivity (Wildman–Crippen MR) is 60.8 cm³/mol. The van der Waals surface area contributed by atoms with E-state index < -0.39 is 17.9 Å². The zero-order valence-corrected chi connectivity index (χ0v) is 10.3. The van der Waals surface area contributed by atoms with Crippen molar-refractivity contribution in [3.8, 4) is 12.1 Å². The minimum atomic E-state index is -0.978. The van der Waals surface area contributed by atoms with E-state index >= 15 is 0 Å². The Labute approximate surface area is 106 Å². The lowest BCUT2D eigenvalue weighted by Gasteiger charge is -2.10. The average molecular weight is 252 g/mol. The molecular formula is C12H16N2O4. The van der Waals surface area contributed by atoms with Crippen LogP contribution in [0.4, 0.5) is 0 Å². The molecule has 0 rings (SSSR count). The quantitative estimate of drug-likeness (QED) is 0.367. The second-order valence-corrected chi connectivity index (χ2v) is 3.58. The molecule has 0 spiro atoms. The van der Waals surface area contributed by atoms with Gasteiger partial charge in [0.2, 0.25) is 0 Å². The molecule has 98 valence electrons. The highest BCUT2D eigenvalue weighted by Gasteiger charge is 2.24. The maximum absolute atomic E-state index is 11.4. The Morgan fingerprint density at radius 2 is 1.39 bits per heavy atom. The van der Waals surface area contributed by atoms with Gasteiger partial charge in [-0.25, -0.2) is 0 Å². The van der Waals surface area contributed by atoms with Gasteiger partial charge in [0, 0.05) is 12.8 Å². The third kappa shape index (κ3) is 7.24. The number of unbranched alkanes of at least 4 members (excludes halogenated alkanes) is 2. The van der Waals surface area contributed by atoms with Gasteiger partial charge >= 0.3 is 11.9 Å².